The van der Waals surface area contributed by atoms with Gasteiger partial charge in [-0.15, -0.1) is 0 Å². The van der Waals surface area contributed by atoms with E-state index in [0.29, 0.717) is 6.61 Å². The molecular formula is C15H18N4O2. The summed E-state index contributed by atoms with van der Waals surface area (Å²) in [5.41, 5.74) is 4.34. The summed E-state index contributed by atoms with van der Waals surface area (Å²) in [6.45, 7) is 2.67. The van der Waals surface area contributed by atoms with Gasteiger partial charge < -0.3 is 29.4 Å². The minimum Gasteiger partial charge on any atom is -0.482 e. The zero-order valence-electron chi connectivity index (χ0n) is 12.0. The molecule has 4 N–H and O–H groups in total. The summed E-state index contributed by atoms with van der Waals surface area (Å²) in [5, 5.41) is 0. The molecule has 0 aliphatic heterocycles. The predicted octanol–water partition coefficient (Wildman–Crippen LogP) is 3.40. The average Bonchev–Trinajstić information content (AvgIpc) is 3.18. The molecule has 0 unspecified atom stereocenters. The molecule has 0 atom stereocenters. The highest BCUT2D eigenvalue weighted by Gasteiger charge is 1.99. The minimum atomic E-state index is 0.698. The molecule has 4 heterocycles. The number of H-pyrrole nitrogens is 4. The van der Waals surface area contributed by atoms with Crippen LogP contribution in [0.5, 0.6) is 11.8 Å². The molecule has 0 amide bonds. The maximum absolute atomic E-state index is 5.27. The summed E-state index contributed by atoms with van der Waals surface area (Å²) in [5.74, 6) is 1.62. The van der Waals surface area contributed by atoms with E-state index in [2.05, 4.69) is 19.9 Å². The zero-order chi connectivity index (χ0) is 14.7. The third-order valence-corrected chi connectivity index (χ3v) is 3.14. The van der Waals surface area contributed by atoms with Crippen LogP contribution in [-0.2, 0) is 0 Å². The quantitative estimate of drug-likeness (QED) is 0.465. The SMILES string of the molecule is CCOc1cc2[nH]ccc2[nH]1.COc1cc2[nH]ccc2[nH]1. The van der Waals surface area contributed by atoms with Crippen molar-refractivity contribution in [1.82, 2.24) is 19.9 Å². The molecule has 0 saturated carbocycles. The van der Waals surface area contributed by atoms with E-state index < -0.39 is 0 Å². The lowest BCUT2D eigenvalue weighted by atomic mass is 10.5. The molecule has 0 aliphatic carbocycles. The van der Waals surface area contributed by atoms with Gasteiger partial charge in [0.05, 0.1) is 35.8 Å². The Morgan fingerprint density at radius 3 is 1.95 bits per heavy atom. The van der Waals surface area contributed by atoms with E-state index in [1.54, 1.807) is 7.11 Å². The Morgan fingerprint density at radius 2 is 1.43 bits per heavy atom. The highest BCUT2D eigenvalue weighted by Crippen LogP contribution is 2.18. The number of aromatic amines is 4. The van der Waals surface area contributed by atoms with Gasteiger partial charge in [-0.25, -0.2) is 0 Å². The first-order valence-corrected chi connectivity index (χ1v) is 6.79. The summed E-state index contributed by atoms with van der Waals surface area (Å²) < 4.78 is 10.3. The van der Waals surface area contributed by atoms with Crippen molar-refractivity contribution in [3.05, 3.63) is 36.7 Å². The van der Waals surface area contributed by atoms with E-state index in [9.17, 15) is 0 Å². The Kier molecular flexibility index (Phi) is 3.59. The third-order valence-electron chi connectivity index (χ3n) is 3.14. The van der Waals surface area contributed by atoms with Crippen molar-refractivity contribution in [3.8, 4) is 11.8 Å². The van der Waals surface area contributed by atoms with Gasteiger partial charge in [0, 0.05) is 24.5 Å². The molecule has 6 heteroatoms. The second-order valence-corrected chi connectivity index (χ2v) is 4.51. The van der Waals surface area contributed by atoms with E-state index in [1.165, 1.54) is 0 Å². The predicted molar refractivity (Wildman–Crippen MR) is 83.0 cm³/mol. The van der Waals surface area contributed by atoms with Crippen molar-refractivity contribution in [2.45, 2.75) is 6.92 Å². The Morgan fingerprint density at radius 1 is 0.857 bits per heavy atom. The lowest BCUT2D eigenvalue weighted by Gasteiger charge is -1.95. The maximum Gasteiger partial charge on any atom is 0.193 e. The third kappa shape index (κ3) is 2.74. The van der Waals surface area contributed by atoms with Crippen LogP contribution in [-0.4, -0.2) is 33.7 Å². The highest BCUT2D eigenvalue weighted by molar-refractivity contribution is 5.78. The van der Waals surface area contributed by atoms with Crippen LogP contribution in [0.3, 0.4) is 0 Å². The Balaban J connectivity index is 0.000000126. The number of nitrogens with one attached hydrogen (secondary N) is 4. The van der Waals surface area contributed by atoms with Gasteiger partial charge in [-0.3, -0.25) is 0 Å². The van der Waals surface area contributed by atoms with Crippen LogP contribution in [0.1, 0.15) is 6.92 Å². The van der Waals surface area contributed by atoms with Crippen LogP contribution < -0.4 is 9.47 Å². The summed E-state index contributed by atoms with van der Waals surface area (Å²) in [6, 6.07) is 7.84. The Hall–Kier alpha value is -2.76. The lowest BCUT2D eigenvalue weighted by molar-refractivity contribution is 0.329. The van der Waals surface area contributed by atoms with Crippen molar-refractivity contribution in [1.29, 1.82) is 0 Å². The van der Waals surface area contributed by atoms with E-state index >= 15 is 0 Å². The normalized spacial score (nSPS) is 10.6. The monoisotopic (exact) mass is 286 g/mol. The van der Waals surface area contributed by atoms with Gasteiger partial charge >= 0.3 is 0 Å². The molecule has 0 radical (unpaired) electrons. The first-order chi connectivity index (χ1) is 10.3. The number of aromatic nitrogens is 4. The van der Waals surface area contributed by atoms with Crippen molar-refractivity contribution < 1.29 is 9.47 Å². The zero-order valence-corrected chi connectivity index (χ0v) is 12.0. The van der Waals surface area contributed by atoms with E-state index in [4.69, 9.17) is 9.47 Å². The summed E-state index contributed by atoms with van der Waals surface area (Å²) >= 11 is 0. The Labute approximate surface area is 121 Å². The molecule has 4 rings (SSSR count). The van der Waals surface area contributed by atoms with Crippen LogP contribution in [0, 0.1) is 0 Å². The number of methoxy groups -OCH3 is 1. The van der Waals surface area contributed by atoms with Crippen molar-refractivity contribution in [3.63, 3.8) is 0 Å². The molecule has 0 aromatic carbocycles. The minimum absolute atomic E-state index is 0.698. The fourth-order valence-electron chi connectivity index (χ4n) is 2.16. The molecule has 0 spiro atoms. The van der Waals surface area contributed by atoms with E-state index in [0.717, 1.165) is 33.8 Å². The van der Waals surface area contributed by atoms with Gasteiger partial charge in [-0.2, -0.15) is 0 Å². The molecular weight excluding hydrogens is 268 g/mol. The second kappa shape index (κ2) is 5.70. The Bertz CT molecular complexity index is 764. The van der Waals surface area contributed by atoms with Gasteiger partial charge in [0.1, 0.15) is 0 Å². The van der Waals surface area contributed by atoms with Crippen LogP contribution in [0.15, 0.2) is 36.7 Å². The van der Waals surface area contributed by atoms with Crippen LogP contribution in [0.2, 0.25) is 0 Å². The molecule has 6 nitrogen and oxygen atoms in total. The van der Waals surface area contributed by atoms with Gasteiger partial charge in [0.25, 0.3) is 0 Å². The number of hydrogen-bond acceptors (Lipinski definition) is 2. The molecule has 0 fully saturated rings. The number of hydrogen-bond donors (Lipinski definition) is 4. The van der Waals surface area contributed by atoms with Crippen LogP contribution in [0.25, 0.3) is 22.1 Å². The van der Waals surface area contributed by atoms with Crippen molar-refractivity contribution in [2.24, 2.45) is 0 Å². The van der Waals surface area contributed by atoms with E-state index in [1.807, 2.05) is 43.6 Å². The van der Waals surface area contributed by atoms with Gasteiger partial charge in [0.15, 0.2) is 11.8 Å². The molecule has 0 saturated heterocycles. The fourth-order valence-corrected chi connectivity index (χ4v) is 2.16. The second-order valence-electron chi connectivity index (χ2n) is 4.51. The van der Waals surface area contributed by atoms with E-state index in [-0.39, 0.29) is 0 Å². The molecule has 0 bridgehead atoms. The van der Waals surface area contributed by atoms with Crippen molar-refractivity contribution >= 4 is 22.1 Å². The van der Waals surface area contributed by atoms with Gasteiger partial charge in [-0.1, -0.05) is 0 Å². The van der Waals surface area contributed by atoms with Crippen LogP contribution >= 0.6 is 0 Å². The van der Waals surface area contributed by atoms with Crippen LogP contribution in [0.4, 0.5) is 0 Å². The average molecular weight is 286 g/mol. The number of ether oxygens (including phenoxy) is 2. The maximum atomic E-state index is 5.27. The standard InChI is InChI=1S/C8H10N2O.C7H8N2O/c1-2-11-8-5-7-6(10-8)3-4-9-7;1-10-7-4-6-5(9-7)2-3-8-6/h3-5,9-10H,2H2,1H3;2-4,8-9H,1H3. The topological polar surface area (TPSA) is 81.6 Å². The smallest absolute Gasteiger partial charge is 0.193 e. The lowest BCUT2D eigenvalue weighted by Crippen LogP contribution is -1.90. The largest absolute Gasteiger partial charge is 0.482 e. The molecule has 4 aromatic rings. The molecule has 0 aliphatic rings. The summed E-state index contributed by atoms with van der Waals surface area (Å²) in [4.78, 5) is 12.3. The fraction of sp³-hybridized carbons (Fsp3) is 0.200. The van der Waals surface area contributed by atoms with Crippen molar-refractivity contribution in [2.75, 3.05) is 13.7 Å². The molecule has 110 valence electrons. The number of fused-ring (bicyclic) bond motifs is 2. The molecule has 4 aromatic heterocycles. The van der Waals surface area contributed by atoms with Gasteiger partial charge in [-0.05, 0) is 19.1 Å². The van der Waals surface area contributed by atoms with Gasteiger partial charge in [0.2, 0.25) is 0 Å². The number of rotatable bonds is 3. The summed E-state index contributed by atoms with van der Waals surface area (Å²) in [6.07, 6.45) is 3.79. The molecule has 21 heavy (non-hydrogen) atoms. The first-order valence-electron chi connectivity index (χ1n) is 6.79. The summed E-state index contributed by atoms with van der Waals surface area (Å²) in [7, 11) is 1.64. The first kappa shape index (κ1) is 13.2. The highest BCUT2D eigenvalue weighted by atomic mass is 16.5.